The van der Waals surface area contributed by atoms with E-state index in [2.05, 4.69) is 58.2 Å². The van der Waals surface area contributed by atoms with E-state index >= 15 is 0 Å². The van der Waals surface area contributed by atoms with Gasteiger partial charge in [0.2, 0.25) is 5.95 Å². The number of furan rings is 1. The van der Waals surface area contributed by atoms with Crippen LogP contribution < -0.4 is 5.32 Å². The van der Waals surface area contributed by atoms with E-state index in [0.29, 0.717) is 23.3 Å². The predicted molar refractivity (Wildman–Crippen MR) is 107 cm³/mol. The molecule has 0 radical (unpaired) electrons. The first-order chi connectivity index (χ1) is 13.4. The molecule has 0 unspecified atom stereocenters. The van der Waals surface area contributed by atoms with Gasteiger partial charge < -0.3 is 9.40 Å². The van der Waals surface area contributed by atoms with E-state index in [-0.39, 0.29) is 16.9 Å². The van der Waals surface area contributed by atoms with Crippen molar-refractivity contribution in [2.45, 2.75) is 27.2 Å². The molecule has 0 saturated heterocycles. The number of aryl methyl sites for hydroxylation is 3. The molecular weight excluding hydrogens is 378 g/mol. The lowest BCUT2D eigenvalue weighted by atomic mass is 9.97. The smallest absolute Gasteiger partial charge is 0.293 e. The summed E-state index contributed by atoms with van der Waals surface area (Å²) >= 11 is 6.07. The lowest BCUT2D eigenvalue weighted by molar-refractivity contribution is 0.0994. The normalized spacial score (nSPS) is 11.1. The maximum Gasteiger partial charge on any atom is 0.293 e. The molecule has 8 heteroatoms. The third kappa shape index (κ3) is 3.48. The zero-order valence-electron chi connectivity index (χ0n) is 15.6. The number of benzene rings is 1. The topological polar surface area (TPSA) is 96.7 Å². The van der Waals surface area contributed by atoms with E-state index in [9.17, 15) is 4.79 Å². The van der Waals surface area contributed by atoms with Crippen LogP contribution in [0.3, 0.4) is 0 Å². The molecule has 142 valence electrons. The molecule has 28 heavy (non-hydrogen) atoms. The number of imidazole rings is 1. The Kier molecular flexibility index (Phi) is 4.60. The van der Waals surface area contributed by atoms with Crippen LogP contribution in [-0.4, -0.2) is 25.8 Å². The number of fused-ring (bicyclic) bond motifs is 1. The molecule has 1 amide bonds. The molecule has 7 nitrogen and oxygen atoms in total. The monoisotopic (exact) mass is 395 g/mol. The van der Waals surface area contributed by atoms with E-state index in [1.165, 1.54) is 28.6 Å². The molecule has 0 saturated carbocycles. The Bertz CT molecular complexity index is 1170. The van der Waals surface area contributed by atoms with Gasteiger partial charge in [-0.2, -0.15) is 9.97 Å². The second kappa shape index (κ2) is 7.09. The van der Waals surface area contributed by atoms with Crippen LogP contribution in [0.5, 0.6) is 0 Å². The van der Waals surface area contributed by atoms with Crippen LogP contribution >= 0.6 is 11.6 Å². The molecule has 4 rings (SSSR count). The summed E-state index contributed by atoms with van der Waals surface area (Å²) in [6.07, 6.45) is 2.08. The van der Waals surface area contributed by atoms with Crippen molar-refractivity contribution >= 4 is 34.6 Å². The first-order valence-corrected chi connectivity index (χ1v) is 9.12. The summed E-state index contributed by atoms with van der Waals surface area (Å²) in [7, 11) is 0. The fourth-order valence-electron chi connectivity index (χ4n) is 3.27. The number of nitrogens with one attached hydrogen (secondary N) is 2. The minimum absolute atomic E-state index is 0.0674. The van der Waals surface area contributed by atoms with Crippen molar-refractivity contribution in [3.05, 3.63) is 69.5 Å². The van der Waals surface area contributed by atoms with Crippen LogP contribution in [0.4, 0.5) is 5.95 Å². The van der Waals surface area contributed by atoms with Gasteiger partial charge in [-0.15, -0.1) is 0 Å². The van der Waals surface area contributed by atoms with Gasteiger partial charge in [0.1, 0.15) is 11.3 Å². The van der Waals surface area contributed by atoms with Gasteiger partial charge in [-0.05, 0) is 49.6 Å². The average molecular weight is 396 g/mol. The second-order valence-corrected chi connectivity index (χ2v) is 7.07. The van der Waals surface area contributed by atoms with Crippen molar-refractivity contribution in [3.63, 3.8) is 0 Å². The maximum absolute atomic E-state index is 12.5. The summed E-state index contributed by atoms with van der Waals surface area (Å²) in [5.41, 5.74) is 5.73. The number of hydrogen-bond acceptors (Lipinski definition) is 5. The minimum atomic E-state index is -0.449. The number of carbonyl (C=O) groups excluding carboxylic acids is 1. The first kappa shape index (κ1) is 18.2. The van der Waals surface area contributed by atoms with Gasteiger partial charge in [-0.3, -0.25) is 10.1 Å². The van der Waals surface area contributed by atoms with Gasteiger partial charge in [0.05, 0.1) is 6.33 Å². The number of aromatic nitrogens is 4. The molecule has 1 aromatic carbocycles. The number of halogens is 1. The summed E-state index contributed by atoms with van der Waals surface area (Å²) in [6, 6.07) is 7.73. The third-order valence-electron chi connectivity index (χ3n) is 4.54. The summed E-state index contributed by atoms with van der Waals surface area (Å²) in [5.74, 6) is 0.508. The molecule has 4 aromatic rings. The lowest BCUT2D eigenvalue weighted by Gasteiger charge is -2.10. The largest absolute Gasteiger partial charge is 0.456 e. The van der Waals surface area contributed by atoms with Crippen molar-refractivity contribution in [1.29, 1.82) is 0 Å². The Labute approximate surface area is 166 Å². The molecular formula is C20H18ClN5O2. The maximum atomic E-state index is 12.5. The van der Waals surface area contributed by atoms with Crippen LogP contribution in [-0.2, 0) is 6.42 Å². The molecule has 0 aliphatic carbocycles. The highest BCUT2D eigenvalue weighted by Crippen LogP contribution is 2.22. The van der Waals surface area contributed by atoms with Crippen molar-refractivity contribution in [2.24, 2.45) is 0 Å². The first-order valence-electron chi connectivity index (χ1n) is 8.74. The molecule has 3 aromatic heterocycles. The molecule has 0 spiro atoms. The number of hydrogen-bond donors (Lipinski definition) is 2. The number of aromatic amines is 1. The van der Waals surface area contributed by atoms with Gasteiger partial charge in [-0.25, -0.2) is 4.98 Å². The van der Waals surface area contributed by atoms with Gasteiger partial charge >= 0.3 is 0 Å². The van der Waals surface area contributed by atoms with Crippen molar-refractivity contribution < 1.29 is 9.21 Å². The van der Waals surface area contributed by atoms with Gasteiger partial charge in [0.25, 0.3) is 5.91 Å². The van der Waals surface area contributed by atoms with Crippen LogP contribution in [0.2, 0.25) is 5.15 Å². The van der Waals surface area contributed by atoms with E-state index in [0.717, 1.165) is 0 Å². The fourth-order valence-corrected chi connectivity index (χ4v) is 3.49. The van der Waals surface area contributed by atoms with Gasteiger partial charge in [0, 0.05) is 6.42 Å². The summed E-state index contributed by atoms with van der Waals surface area (Å²) in [4.78, 5) is 27.6. The highest BCUT2D eigenvalue weighted by molar-refractivity contribution is 6.33. The van der Waals surface area contributed by atoms with Crippen molar-refractivity contribution in [3.8, 4) is 0 Å². The fraction of sp³-hybridized carbons (Fsp3) is 0.200. The van der Waals surface area contributed by atoms with E-state index in [1.54, 1.807) is 12.1 Å². The van der Waals surface area contributed by atoms with E-state index in [1.807, 2.05) is 0 Å². The standard InChI is InChI=1S/C20H18ClN5O2/c1-10-6-11(2)14(12(3)7-10)8-13-4-5-15(28-13)19(27)26-20-24-17(21)16-18(25-20)23-9-22-16/h4-7,9H,8H2,1-3H3,(H2,22,23,24,25,26,27). The molecule has 0 fully saturated rings. The summed E-state index contributed by atoms with van der Waals surface area (Å²) < 4.78 is 5.74. The number of rotatable bonds is 4. The number of amides is 1. The second-order valence-electron chi connectivity index (χ2n) is 6.71. The Hall–Kier alpha value is -3.19. The Morgan fingerprint density at radius 1 is 1.18 bits per heavy atom. The van der Waals surface area contributed by atoms with Crippen LogP contribution in [0.25, 0.3) is 11.2 Å². The highest BCUT2D eigenvalue weighted by Gasteiger charge is 2.16. The Balaban J connectivity index is 1.53. The zero-order valence-corrected chi connectivity index (χ0v) is 16.4. The van der Waals surface area contributed by atoms with Crippen LogP contribution in [0.1, 0.15) is 38.6 Å². The molecule has 2 N–H and O–H groups in total. The highest BCUT2D eigenvalue weighted by atomic mass is 35.5. The lowest BCUT2D eigenvalue weighted by Crippen LogP contribution is -2.13. The van der Waals surface area contributed by atoms with E-state index in [4.69, 9.17) is 16.0 Å². The molecule has 0 aliphatic heterocycles. The number of anilines is 1. The zero-order chi connectivity index (χ0) is 19.8. The predicted octanol–water partition coefficient (Wildman–Crippen LogP) is 4.37. The van der Waals surface area contributed by atoms with Gasteiger partial charge in [0.15, 0.2) is 16.6 Å². The number of H-pyrrole nitrogens is 1. The van der Waals surface area contributed by atoms with Crippen LogP contribution in [0, 0.1) is 20.8 Å². The summed E-state index contributed by atoms with van der Waals surface area (Å²) in [6.45, 7) is 6.24. The number of carbonyl (C=O) groups is 1. The van der Waals surface area contributed by atoms with E-state index < -0.39 is 5.91 Å². The minimum Gasteiger partial charge on any atom is -0.456 e. The SMILES string of the molecule is Cc1cc(C)c(Cc2ccc(C(=O)Nc3nc(Cl)c4[nH]cnc4n3)o2)c(C)c1. The molecule has 0 atom stereocenters. The van der Waals surface area contributed by atoms with Crippen LogP contribution in [0.15, 0.2) is 35.0 Å². The molecule has 0 bridgehead atoms. The average Bonchev–Trinajstić information content (AvgIpc) is 3.27. The van der Waals surface area contributed by atoms with Crippen molar-refractivity contribution in [1.82, 2.24) is 19.9 Å². The Morgan fingerprint density at radius 3 is 2.68 bits per heavy atom. The number of nitrogens with zero attached hydrogens (tertiary/aromatic N) is 3. The molecule has 0 aliphatic rings. The molecule has 3 heterocycles. The quantitative estimate of drug-likeness (QED) is 0.500. The third-order valence-corrected chi connectivity index (χ3v) is 4.82. The summed E-state index contributed by atoms with van der Waals surface area (Å²) in [5, 5.41) is 2.78. The Morgan fingerprint density at radius 2 is 1.93 bits per heavy atom. The van der Waals surface area contributed by atoms with Crippen molar-refractivity contribution in [2.75, 3.05) is 5.32 Å². The van der Waals surface area contributed by atoms with Gasteiger partial charge in [-0.1, -0.05) is 29.3 Å².